The van der Waals surface area contributed by atoms with Crippen LogP contribution < -0.4 is 10.9 Å². The number of esters is 1. The minimum Gasteiger partial charge on any atom is -0.462 e. The summed E-state index contributed by atoms with van der Waals surface area (Å²) in [5, 5.41) is 6.99. The van der Waals surface area contributed by atoms with Crippen molar-refractivity contribution in [3.8, 4) is 11.3 Å². The van der Waals surface area contributed by atoms with E-state index in [1.165, 1.54) is 6.07 Å². The number of hydrogen-bond donors (Lipinski definition) is 1. The number of aromatic nitrogens is 2. The highest BCUT2D eigenvalue weighted by Crippen LogP contribution is 2.16. The van der Waals surface area contributed by atoms with Crippen LogP contribution in [0.4, 0.5) is 5.69 Å². The van der Waals surface area contributed by atoms with E-state index in [1.54, 1.807) is 37.3 Å². The third-order valence-electron chi connectivity index (χ3n) is 4.19. The molecular weight excluding hydrogens is 370 g/mol. The van der Waals surface area contributed by atoms with Crippen molar-refractivity contribution >= 4 is 17.6 Å². The lowest BCUT2D eigenvalue weighted by molar-refractivity contribution is -0.117. The molecule has 0 fully saturated rings. The Morgan fingerprint density at radius 3 is 2.34 bits per heavy atom. The number of rotatable bonds is 6. The maximum Gasteiger partial charge on any atom is 0.338 e. The van der Waals surface area contributed by atoms with Gasteiger partial charge in [-0.2, -0.15) is 5.10 Å². The quantitative estimate of drug-likeness (QED) is 0.652. The van der Waals surface area contributed by atoms with E-state index in [-0.39, 0.29) is 12.1 Å². The van der Waals surface area contributed by atoms with Crippen LogP contribution in [0.25, 0.3) is 11.3 Å². The van der Waals surface area contributed by atoms with E-state index in [2.05, 4.69) is 10.4 Å². The van der Waals surface area contributed by atoms with E-state index in [0.29, 0.717) is 23.6 Å². The number of nitrogens with zero attached hydrogens (tertiary/aromatic N) is 2. The van der Waals surface area contributed by atoms with Gasteiger partial charge in [0.25, 0.3) is 5.56 Å². The van der Waals surface area contributed by atoms with Crippen LogP contribution >= 0.6 is 0 Å². The highest BCUT2D eigenvalue weighted by atomic mass is 16.5. The molecule has 0 bridgehead atoms. The standard InChI is InChI=1S/C22H21N3O4/c1-3-29-22(28)17-8-10-18(11-9-17)23-20(26)14-25-21(27)13-12-19(24-25)16-6-4-15(2)5-7-16/h4-13H,3,14H2,1-2H3,(H,23,26). The number of ether oxygens (including phenoxy) is 1. The van der Waals surface area contributed by atoms with Gasteiger partial charge < -0.3 is 10.1 Å². The van der Waals surface area contributed by atoms with Crippen LogP contribution in [0.5, 0.6) is 0 Å². The van der Waals surface area contributed by atoms with Crippen LogP contribution in [0.2, 0.25) is 0 Å². The molecule has 148 valence electrons. The molecular formula is C22H21N3O4. The van der Waals surface area contributed by atoms with Crippen molar-refractivity contribution in [2.45, 2.75) is 20.4 Å². The summed E-state index contributed by atoms with van der Waals surface area (Å²) in [6.07, 6.45) is 0. The molecule has 7 heteroatoms. The van der Waals surface area contributed by atoms with Crippen molar-refractivity contribution in [2.75, 3.05) is 11.9 Å². The summed E-state index contributed by atoms with van der Waals surface area (Å²) >= 11 is 0. The van der Waals surface area contributed by atoms with Gasteiger partial charge >= 0.3 is 5.97 Å². The summed E-state index contributed by atoms with van der Waals surface area (Å²) in [6, 6.07) is 17.1. The zero-order chi connectivity index (χ0) is 20.8. The predicted octanol–water partition coefficient (Wildman–Crippen LogP) is 3.03. The van der Waals surface area contributed by atoms with Crippen molar-refractivity contribution in [3.05, 3.63) is 82.1 Å². The van der Waals surface area contributed by atoms with Crippen molar-refractivity contribution in [1.82, 2.24) is 9.78 Å². The third kappa shape index (κ3) is 5.16. The van der Waals surface area contributed by atoms with Crippen molar-refractivity contribution in [3.63, 3.8) is 0 Å². The van der Waals surface area contributed by atoms with Crippen LogP contribution in [-0.2, 0) is 16.1 Å². The Balaban J connectivity index is 1.70. The molecule has 1 heterocycles. The van der Waals surface area contributed by atoms with Crippen LogP contribution in [0.3, 0.4) is 0 Å². The van der Waals surface area contributed by atoms with E-state index >= 15 is 0 Å². The summed E-state index contributed by atoms with van der Waals surface area (Å²) < 4.78 is 6.05. The Labute approximate surface area is 168 Å². The van der Waals surface area contributed by atoms with Crippen LogP contribution in [0, 0.1) is 6.92 Å². The Kier molecular flexibility index (Phi) is 6.19. The van der Waals surface area contributed by atoms with Gasteiger partial charge in [-0.3, -0.25) is 9.59 Å². The number of benzene rings is 2. The smallest absolute Gasteiger partial charge is 0.338 e. The van der Waals surface area contributed by atoms with Gasteiger partial charge in [-0.15, -0.1) is 0 Å². The number of aryl methyl sites for hydroxylation is 1. The zero-order valence-electron chi connectivity index (χ0n) is 16.2. The van der Waals surface area contributed by atoms with Gasteiger partial charge in [0.05, 0.1) is 17.9 Å². The second-order valence-corrected chi connectivity index (χ2v) is 6.43. The molecule has 29 heavy (non-hydrogen) atoms. The predicted molar refractivity (Wildman–Crippen MR) is 110 cm³/mol. The van der Waals surface area contributed by atoms with E-state index in [0.717, 1.165) is 15.8 Å². The van der Waals surface area contributed by atoms with Gasteiger partial charge in [-0.25, -0.2) is 9.48 Å². The number of carbonyl (C=O) groups excluding carboxylic acids is 2. The van der Waals surface area contributed by atoms with Crippen LogP contribution in [0.15, 0.2) is 65.5 Å². The zero-order valence-corrected chi connectivity index (χ0v) is 16.2. The largest absolute Gasteiger partial charge is 0.462 e. The highest BCUT2D eigenvalue weighted by Gasteiger charge is 2.10. The first-order chi connectivity index (χ1) is 14.0. The van der Waals surface area contributed by atoms with Crippen molar-refractivity contribution in [1.29, 1.82) is 0 Å². The van der Waals surface area contributed by atoms with Gasteiger partial charge in [-0.1, -0.05) is 29.8 Å². The van der Waals surface area contributed by atoms with Crippen molar-refractivity contribution in [2.24, 2.45) is 0 Å². The first kappa shape index (κ1) is 20.0. The van der Waals surface area contributed by atoms with Crippen LogP contribution in [0.1, 0.15) is 22.8 Å². The molecule has 0 saturated carbocycles. The van der Waals surface area contributed by atoms with Gasteiger partial charge in [0.2, 0.25) is 5.91 Å². The third-order valence-corrected chi connectivity index (χ3v) is 4.19. The molecule has 3 aromatic rings. The molecule has 1 aromatic heterocycles. The fourth-order valence-electron chi connectivity index (χ4n) is 2.68. The Hall–Kier alpha value is -3.74. The minimum absolute atomic E-state index is 0.224. The minimum atomic E-state index is -0.422. The molecule has 0 spiro atoms. The van der Waals surface area contributed by atoms with E-state index < -0.39 is 11.9 Å². The number of anilines is 1. The van der Waals surface area contributed by atoms with Gasteiger partial charge in [0, 0.05) is 17.3 Å². The molecule has 1 N–H and O–H groups in total. The molecule has 7 nitrogen and oxygen atoms in total. The summed E-state index contributed by atoms with van der Waals surface area (Å²) in [6.45, 7) is 3.79. The topological polar surface area (TPSA) is 90.3 Å². The molecule has 3 rings (SSSR count). The summed E-state index contributed by atoms with van der Waals surface area (Å²) in [7, 11) is 0. The Morgan fingerprint density at radius 1 is 1.00 bits per heavy atom. The van der Waals surface area contributed by atoms with Crippen LogP contribution in [-0.4, -0.2) is 28.3 Å². The van der Waals surface area contributed by atoms with Crippen molar-refractivity contribution < 1.29 is 14.3 Å². The average Bonchev–Trinajstić information content (AvgIpc) is 2.71. The Bertz CT molecular complexity index is 1070. The maximum atomic E-state index is 12.3. The van der Waals surface area contributed by atoms with Gasteiger partial charge in [0.15, 0.2) is 0 Å². The second-order valence-electron chi connectivity index (χ2n) is 6.43. The number of nitrogens with one attached hydrogen (secondary N) is 1. The summed E-state index contributed by atoms with van der Waals surface area (Å²) in [5.41, 5.74) is 3.12. The molecule has 0 unspecified atom stereocenters. The fraction of sp³-hybridized carbons (Fsp3) is 0.182. The van der Waals surface area contributed by atoms with Gasteiger partial charge in [0.1, 0.15) is 6.54 Å². The van der Waals surface area contributed by atoms with E-state index in [4.69, 9.17) is 4.74 Å². The number of carbonyl (C=O) groups is 2. The SMILES string of the molecule is CCOC(=O)c1ccc(NC(=O)Cn2nc(-c3ccc(C)cc3)ccc2=O)cc1. The lowest BCUT2D eigenvalue weighted by Gasteiger charge is -2.09. The van der Waals surface area contributed by atoms with Gasteiger partial charge in [-0.05, 0) is 44.2 Å². The lowest BCUT2D eigenvalue weighted by atomic mass is 10.1. The Morgan fingerprint density at radius 2 is 1.69 bits per heavy atom. The lowest BCUT2D eigenvalue weighted by Crippen LogP contribution is -2.29. The molecule has 0 radical (unpaired) electrons. The fourth-order valence-corrected chi connectivity index (χ4v) is 2.68. The first-order valence-corrected chi connectivity index (χ1v) is 9.18. The first-order valence-electron chi connectivity index (χ1n) is 9.18. The summed E-state index contributed by atoms with van der Waals surface area (Å²) in [4.78, 5) is 36.1. The number of amides is 1. The molecule has 0 saturated heterocycles. The molecule has 2 aromatic carbocycles. The highest BCUT2D eigenvalue weighted by molar-refractivity contribution is 5.93. The summed E-state index contributed by atoms with van der Waals surface area (Å²) in [5.74, 6) is -0.821. The van der Waals surface area contributed by atoms with E-state index in [1.807, 2.05) is 31.2 Å². The monoisotopic (exact) mass is 391 g/mol. The second kappa shape index (κ2) is 8.97. The molecule has 0 aliphatic carbocycles. The number of hydrogen-bond acceptors (Lipinski definition) is 5. The molecule has 0 aliphatic heterocycles. The molecule has 1 amide bonds. The van der Waals surface area contributed by atoms with E-state index in [9.17, 15) is 14.4 Å². The average molecular weight is 391 g/mol. The molecule has 0 atom stereocenters. The normalized spacial score (nSPS) is 10.4. The maximum absolute atomic E-state index is 12.3. The molecule has 0 aliphatic rings.